The predicted octanol–water partition coefficient (Wildman–Crippen LogP) is 3.51. The van der Waals surface area contributed by atoms with Crippen LogP contribution >= 0.6 is 11.8 Å². The molecule has 8 nitrogen and oxygen atoms in total. The van der Waals surface area contributed by atoms with Gasteiger partial charge in [0.2, 0.25) is 0 Å². The molecule has 142 valence electrons. The van der Waals surface area contributed by atoms with Gasteiger partial charge in [0, 0.05) is 4.90 Å². The normalized spacial score (nSPS) is 10.1. The molecule has 0 spiro atoms. The zero-order chi connectivity index (χ0) is 19.8. The quantitative estimate of drug-likeness (QED) is 0.318. The molecule has 1 N–H and O–H groups in total. The molecular weight excluding hydrogens is 372 g/mol. The Morgan fingerprint density at radius 1 is 1.22 bits per heavy atom. The molecule has 0 saturated heterocycles. The molecule has 2 aromatic rings. The molecule has 0 aliphatic rings. The summed E-state index contributed by atoms with van der Waals surface area (Å²) in [5.41, 5.74) is 0.0371. The molecule has 1 amide bonds. The molecule has 0 bridgehead atoms. The van der Waals surface area contributed by atoms with Crippen molar-refractivity contribution in [3.8, 4) is 5.75 Å². The van der Waals surface area contributed by atoms with Crippen molar-refractivity contribution in [3.63, 3.8) is 0 Å². The van der Waals surface area contributed by atoms with Gasteiger partial charge < -0.3 is 14.8 Å². The number of hydrogen-bond donors (Lipinski definition) is 1. The van der Waals surface area contributed by atoms with E-state index in [1.165, 1.54) is 37.1 Å². The lowest BCUT2D eigenvalue weighted by Crippen LogP contribution is -2.21. The third kappa shape index (κ3) is 5.45. The van der Waals surface area contributed by atoms with Crippen molar-refractivity contribution in [2.75, 3.05) is 24.8 Å². The van der Waals surface area contributed by atoms with Gasteiger partial charge in [-0.15, -0.1) is 11.8 Å². The minimum Gasteiger partial charge on any atom is -0.496 e. The van der Waals surface area contributed by atoms with Gasteiger partial charge in [-0.1, -0.05) is 19.1 Å². The fraction of sp³-hybridized carbons (Fsp3) is 0.222. The maximum atomic E-state index is 12.2. The molecule has 0 unspecified atom stereocenters. The third-order valence-electron chi connectivity index (χ3n) is 3.42. The fourth-order valence-corrected chi connectivity index (χ4v) is 3.00. The summed E-state index contributed by atoms with van der Waals surface area (Å²) >= 11 is 1.49. The first-order chi connectivity index (χ1) is 13.0. The van der Waals surface area contributed by atoms with Crippen molar-refractivity contribution in [2.45, 2.75) is 11.8 Å². The number of methoxy groups -OCH3 is 1. The highest BCUT2D eigenvalue weighted by Gasteiger charge is 2.19. The average Bonchev–Trinajstić information content (AvgIpc) is 2.67. The number of nitrogens with zero attached hydrogens (tertiary/aromatic N) is 1. The van der Waals surface area contributed by atoms with E-state index in [2.05, 4.69) is 5.32 Å². The van der Waals surface area contributed by atoms with Crippen LogP contribution in [0.3, 0.4) is 0 Å². The summed E-state index contributed by atoms with van der Waals surface area (Å²) in [7, 11) is 1.38. The molecule has 27 heavy (non-hydrogen) atoms. The van der Waals surface area contributed by atoms with Gasteiger partial charge in [0.25, 0.3) is 11.6 Å². The monoisotopic (exact) mass is 390 g/mol. The van der Waals surface area contributed by atoms with Gasteiger partial charge in [0.15, 0.2) is 6.61 Å². The van der Waals surface area contributed by atoms with Crippen LogP contribution in [0.25, 0.3) is 0 Å². The minimum atomic E-state index is -0.683. The highest BCUT2D eigenvalue weighted by atomic mass is 32.2. The summed E-state index contributed by atoms with van der Waals surface area (Å²) in [5, 5.41) is 13.5. The number of nitro benzene ring substituents is 1. The molecule has 0 atom stereocenters. The maximum absolute atomic E-state index is 12.2. The molecule has 0 heterocycles. The number of anilines is 1. The number of nitrogens with one attached hydrogen (secondary N) is 1. The second-order valence-corrected chi connectivity index (χ2v) is 6.50. The lowest BCUT2D eigenvalue weighted by Gasteiger charge is -2.10. The van der Waals surface area contributed by atoms with Crippen molar-refractivity contribution in [1.82, 2.24) is 0 Å². The van der Waals surface area contributed by atoms with Crippen molar-refractivity contribution >= 4 is 35.0 Å². The van der Waals surface area contributed by atoms with Gasteiger partial charge >= 0.3 is 5.97 Å². The number of esters is 1. The van der Waals surface area contributed by atoms with Gasteiger partial charge in [-0.2, -0.15) is 0 Å². The van der Waals surface area contributed by atoms with E-state index < -0.39 is 23.4 Å². The van der Waals surface area contributed by atoms with Crippen LogP contribution in [0.1, 0.15) is 17.3 Å². The van der Waals surface area contributed by atoms with Crippen LogP contribution in [0.5, 0.6) is 5.75 Å². The topological polar surface area (TPSA) is 108 Å². The first kappa shape index (κ1) is 20.2. The minimum absolute atomic E-state index is 0.0104. The first-order valence-electron chi connectivity index (χ1n) is 7.97. The van der Waals surface area contributed by atoms with E-state index in [1.807, 2.05) is 13.0 Å². The van der Waals surface area contributed by atoms with Crippen molar-refractivity contribution in [1.29, 1.82) is 0 Å². The van der Waals surface area contributed by atoms with Crippen LogP contribution in [0.2, 0.25) is 0 Å². The predicted molar refractivity (Wildman–Crippen MR) is 101 cm³/mol. The Bertz CT molecular complexity index is 855. The lowest BCUT2D eigenvalue weighted by atomic mass is 10.2. The summed E-state index contributed by atoms with van der Waals surface area (Å²) < 4.78 is 9.97. The summed E-state index contributed by atoms with van der Waals surface area (Å²) in [5.74, 6) is -0.245. The van der Waals surface area contributed by atoms with Gasteiger partial charge in [-0.25, -0.2) is 4.79 Å². The van der Waals surface area contributed by atoms with E-state index in [0.29, 0.717) is 5.56 Å². The highest BCUT2D eigenvalue weighted by Crippen LogP contribution is 2.29. The smallest absolute Gasteiger partial charge is 0.339 e. The van der Waals surface area contributed by atoms with Gasteiger partial charge in [0.1, 0.15) is 11.4 Å². The average molecular weight is 390 g/mol. The fourth-order valence-electron chi connectivity index (χ4n) is 2.21. The Labute approximate surface area is 160 Å². The number of benzene rings is 2. The Morgan fingerprint density at radius 2 is 1.96 bits per heavy atom. The number of hydrogen-bond acceptors (Lipinski definition) is 7. The van der Waals surface area contributed by atoms with Crippen LogP contribution in [-0.4, -0.2) is 36.3 Å². The molecule has 0 radical (unpaired) electrons. The van der Waals surface area contributed by atoms with E-state index in [0.717, 1.165) is 10.6 Å². The maximum Gasteiger partial charge on any atom is 0.339 e. The molecule has 0 fully saturated rings. The van der Waals surface area contributed by atoms with Gasteiger partial charge in [-0.3, -0.25) is 14.9 Å². The number of amides is 1. The van der Waals surface area contributed by atoms with Gasteiger partial charge in [0.05, 0.1) is 23.7 Å². The molecule has 0 saturated carbocycles. The summed E-state index contributed by atoms with van der Waals surface area (Å²) in [4.78, 5) is 35.5. The first-order valence-corrected chi connectivity index (χ1v) is 8.96. The molecule has 0 aliphatic carbocycles. The second kappa shape index (κ2) is 9.58. The Balaban J connectivity index is 2.03. The highest BCUT2D eigenvalue weighted by molar-refractivity contribution is 7.99. The molecule has 0 aromatic heterocycles. The van der Waals surface area contributed by atoms with Crippen molar-refractivity contribution in [2.24, 2.45) is 0 Å². The van der Waals surface area contributed by atoms with Crippen LogP contribution < -0.4 is 10.1 Å². The van der Waals surface area contributed by atoms with E-state index >= 15 is 0 Å². The number of carbonyl (C=O) groups excluding carboxylic acids is 2. The van der Waals surface area contributed by atoms with Crippen molar-refractivity contribution in [3.05, 3.63) is 58.1 Å². The Hall–Kier alpha value is -3.07. The van der Waals surface area contributed by atoms with E-state index in [4.69, 9.17) is 9.47 Å². The molecule has 9 heteroatoms. The number of nitro groups is 1. The third-order valence-corrected chi connectivity index (χ3v) is 4.37. The number of thioether (sulfide) groups is 1. The largest absolute Gasteiger partial charge is 0.496 e. The van der Waals surface area contributed by atoms with Crippen LogP contribution in [0.4, 0.5) is 11.4 Å². The summed E-state index contributed by atoms with van der Waals surface area (Å²) in [6, 6.07) is 11.0. The standard InChI is InChI=1S/C18H18N2O6S/c1-3-27-16-7-5-4-6-13(16)18(22)26-11-17(21)19-14-9-8-12(25-2)10-15(14)20(23)24/h4-10H,3,11H2,1-2H3,(H,19,21). The Kier molecular flexibility index (Phi) is 7.18. The molecular formula is C18H18N2O6S. The Morgan fingerprint density at radius 3 is 2.63 bits per heavy atom. The van der Waals surface area contributed by atoms with Crippen LogP contribution in [-0.2, 0) is 9.53 Å². The SMILES string of the molecule is CCSc1ccccc1C(=O)OCC(=O)Nc1ccc(OC)cc1[N+](=O)[O-]. The molecule has 0 aliphatic heterocycles. The number of rotatable bonds is 8. The zero-order valence-electron chi connectivity index (χ0n) is 14.8. The zero-order valence-corrected chi connectivity index (χ0v) is 15.6. The van der Waals surface area contributed by atoms with Gasteiger partial charge in [-0.05, 0) is 30.0 Å². The van der Waals surface area contributed by atoms with E-state index in [-0.39, 0.29) is 17.1 Å². The molecule has 2 rings (SSSR count). The van der Waals surface area contributed by atoms with E-state index in [1.54, 1.807) is 18.2 Å². The number of carbonyl (C=O) groups is 2. The van der Waals surface area contributed by atoms with Crippen molar-refractivity contribution < 1.29 is 24.0 Å². The lowest BCUT2D eigenvalue weighted by molar-refractivity contribution is -0.384. The summed E-state index contributed by atoms with van der Waals surface area (Å²) in [6.45, 7) is 1.40. The van der Waals surface area contributed by atoms with E-state index in [9.17, 15) is 19.7 Å². The van der Waals surface area contributed by atoms with Crippen LogP contribution in [0, 0.1) is 10.1 Å². The number of ether oxygens (including phenoxy) is 2. The van der Waals surface area contributed by atoms with Crippen LogP contribution in [0.15, 0.2) is 47.4 Å². The second-order valence-electron chi connectivity index (χ2n) is 5.19. The molecule has 2 aromatic carbocycles. The summed E-state index contributed by atoms with van der Waals surface area (Å²) in [6.07, 6.45) is 0.